The molecule has 6 heteroatoms. The summed E-state index contributed by atoms with van der Waals surface area (Å²) in [7, 11) is 0. The number of hydrogen-bond acceptors (Lipinski definition) is 3. The number of anilines is 1. The lowest BCUT2D eigenvalue weighted by molar-refractivity contribution is 0.0954. The number of carbonyl (C=O) groups excluding carboxylic acids is 1. The standard InChI is InChI=1S/C27H29ClN4O/c28-18-12-13-21-25(16-18)32-24-11-5-3-9-20(24)26(21)29-14-6-1-7-15-30-27(33)22-17-31-23-10-4-2-8-19(22)23/h2,4,8,10,12-13,16-17,31H,1,3,5-7,9,11,14-15H2,(H,29,32)(H,30,33). The van der Waals surface area contributed by atoms with Gasteiger partial charge in [0, 0.05) is 52.0 Å². The first kappa shape index (κ1) is 21.8. The molecule has 170 valence electrons. The summed E-state index contributed by atoms with van der Waals surface area (Å²) in [5.41, 5.74) is 6.51. The largest absolute Gasteiger partial charge is 0.384 e. The topological polar surface area (TPSA) is 69.8 Å². The second-order valence-electron chi connectivity index (χ2n) is 8.77. The van der Waals surface area contributed by atoms with Crippen molar-refractivity contribution in [2.75, 3.05) is 18.4 Å². The van der Waals surface area contributed by atoms with E-state index in [0.717, 1.165) is 65.5 Å². The highest BCUT2D eigenvalue weighted by atomic mass is 35.5. The van der Waals surface area contributed by atoms with E-state index in [2.05, 4.69) is 21.7 Å². The van der Waals surface area contributed by atoms with Crippen LogP contribution in [0.25, 0.3) is 21.8 Å². The van der Waals surface area contributed by atoms with E-state index < -0.39 is 0 Å². The number of pyridine rings is 1. The molecule has 1 aliphatic carbocycles. The maximum atomic E-state index is 12.5. The van der Waals surface area contributed by atoms with Crippen LogP contribution in [-0.4, -0.2) is 29.0 Å². The van der Waals surface area contributed by atoms with Crippen LogP contribution in [0, 0.1) is 0 Å². The van der Waals surface area contributed by atoms with Gasteiger partial charge in [-0.3, -0.25) is 9.78 Å². The summed E-state index contributed by atoms with van der Waals surface area (Å²) < 4.78 is 0. The number of hydrogen-bond donors (Lipinski definition) is 3. The lowest BCUT2D eigenvalue weighted by Crippen LogP contribution is -2.24. The number of para-hydroxylation sites is 1. The Labute approximate surface area is 198 Å². The van der Waals surface area contributed by atoms with Crippen LogP contribution >= 0.6 is 11.6 Å². The van der Waals surface area contributed by atoms with Crippen LogP contribution in [0.1, 0.15) is 53.7 Å². The second kappa shape index (κ2) is 9.84. The zero-order chi connectivity index (χ0) is 22.6. The van der Waals surface area contributed by atoms with Gasteiger partial charge in [0.15, 0.2) is 0 Å². The molecule has 5 nitrogen and oxygen atoms in total. The van der Waals surface area contributed by atoms with E-state index in [-0.39, 0.29) is 5.91 Å². The van der Waals surface area contributed by atoms with Crippen molar-refractivity contribution in [2.24, 2.45) is 0 Å². The molecule has 1 aliphatic rings. The molecule has 0 saturated heterocycles. The first-order valence-electron chi connectivity index (χ1n) is 11.9. The van der Waals surface area contributed by atoms with E-state index in [9.17, 15) is 4.79 Å². The maximum Gasteiger partial charge on any atom is 0.253 e. The Hall–Kier alpha value is -3.05. The molecule has 0 radical (unpaired) electrons. The van der Waals surface area contributed by atoms with Gasteiger partial charge in [-0.05, 0) is 74.8 Å². The first-order valence-corrected chi connectivity index (χ1v) is 12.3. The number of unbranched alkanes of at least 4 members (excludes halogenated alkanes) is 2. The average Bonchev–Trinajstić information content (AvgIpc) is 3.27. The van der Waals surface area contributed by atoms with Gasteiger partial charge in [0.2, 0.25) is 0 Å². The van der Waals surface area contributed by atoms with E-state index in [0.29, 0.717) is 12.1 Å². The normalized spacial score (nSPS) is 13.2. The van der Waals surface area contributed by atoms with E-state index in [1.54, 1.807) is 6.20 Å². The Balaban J connectivity index is 1.13. The molecule has 2 aromatic carbocycles. The summed E-state index contributed by atoms with van der Waals surface area (Å²) in [6, 6.07) is 13.9. The molecule has 0 atom stereocenters. The van der Waals surface area contributed by atoms with Gasteiger partial charge in [-0.2, -0.15) is 0 Å². The minimum Gasteiger partial charge on any atom is -0.384 e. The summed E-state index contributed by atoms with van der Waals surface area (Å²) in [5.74, 6) is -0.0147. The predicted molar refractivity (Wildman–Crippen MR) is 136 cm³/mol. The highest BCUT2D eigenvalue weighted by Crippen LogP contribution is 2.34. The molecule has 0 unspecified atom stereocenters. The fourth-order valence-electron chi connectivity index (χ4n) is 4.80. The van der Waals surface area contributed by atoms with Crippen molar-refractivity contribution >= 4 is 45.0 Å². The van der Waals surface area contributed by atoms with Crippen molar-refractivity contribution in [1.82, 2.24) is 15.3 Å². The smallest absolute Gasteiger partial charge is 0.253 e. The monoisotopic (exact) mass is 460 g/mol. The first-order chi connectivity index (χ1) is 16.2. The zero-order valence-corrected chi connectivity index (χ0v) is 19.5. The van der Waals surface area contributed by atoms with Gasteiger partial charge in [-0.15, -0.1) is 0 Å². The van der Waals surface area contributed by atoms with E-state index in [1.165, 1.54) is 29.8 Å². The molecule has 0 spiro atoms. The highest BCUT2D eigenvalue weighted by Gasteiger charge is 2.18. The van der Waals surface area contributed by atoms with Crippen LogP contribution in [0.2, 0.25) is 5.02 Å². The Morgan fingerprint density at radius 1 is 1.00 bits per heavy atom. The number of nitrogens with zero attached hydrogens (tertiary/aromatic N) is 1. The summed E-state index contributed by atoms with van der Waals surface area (Å²) in [6.45, 7) is 1.59. The Kier molecular flexibility index (Phi) is 6.49. The third-order valence-electron chi connectivity index (χ3n) is 6.50. The van der Waals surface area contributed by atoms with Crippen LogP contribution in [0.3, 0.4) is 0 Å². The number of aromatic amines is 1. The van der Waals surface area contributed by atoms with Gasteiger partial charge in [-0.1, -0.05) is 29.8 Å². The van der Waals surface area contributed by atoms with Crippen LogP contribution in [-0.2, 0) is 12.8 Å². The van der Waals surface area contributed by atoms with Crippen LogP contribution in [0.5, 0.6) is 0 Å². The number of aromatic nitrogens is 2. The van der Waals surface area contributed by atoms with Crippen molar-refractivity contribution in [2.45, 2.75) is 44.9 Å². The summed E-state index contributed by atoms with van der Waals surface area (Å²) >= 11 is 6.22. The number of carbonyl (C=O) groups is 1. The molecule has 0 saturated carbocycles. The lowest BCUT2D eigenvalue weighted by Gasteiger charge is -2.22. The molecule has 1 amide bonds. The van der Waals surface area contributed by atoms with Crippen LogP contribution in [0.4, 0.5) is 5.69 Å². The predicted octanol–water partition coefficient (Wildman–Crippen LogP) is 6.26. The van der Waals surface area contributed by atoms with Crippen LogP contribution < -0.4 is 10.6 Å². The minimum absolute atomic E-state index is 0.0147. The van der Waals surface area contributed by atoms with E-state index in [1.807, 2.05) is 36.4 Å². The number of amides is 1. The molecule has 2 heterocycles. The summed E-state index contributed by atoms with van der Waals surface area (Å²) in [4.78, 5) is 20.6. The van der Waals surface area contributed by atoms with Crippen LogP contribution in [0.15, 0.2) is 48.7 Å². The summed E-state index contributed by atoms with van der Waals surface area (Å²) in [6.07, 6.45) is 9.41. The van der Waals surface area contributed by atoms with Crippen molar-refractivity contribution in [1.29, 1.82) is 0 Å². The SMILES string of the molecule is O=C(NCCCCCNc1c2c(nc3cc(Cl)ccc13)CCCC2)c1c[nH]c2ccccc12. The number of nitrogens with one attached hydrogen (secondary N) is 3. The van der Waals surface area contributed by atoms with Crippen molar-refractivity contribution in [3.8, 4) is 0 Å². The van der Waals surface area contributed by atoms with E-state index >= 15 is 0 Å². The number of H-pyrrole nitrogens is 1. The molecular weight excluding hydrogens is 432 g/mol. The fourth-order valence-corrected chi connectivity index (χ4v) is 4.96. The number of rotatable bonds is 8. The molecule has 5 rings (SSSR count). The number of halogens is 1. The molecule has 0 bridgehead atoms. The van der Waals surface area contributed by atoms with E-state index in [4.69, 9.17) is 16.6 Å². The highest BCUT2D eigenvalue weighted by molar-refractivity contribution is 6.31. The summed E-state index contributed by atoms with van der Waals surface area (Å²) in [5, 5.41) is 9.61. The van der Waals surface area contributed by atoms with Gasteiger partial charge in [-0.25, -0.2) is 0 Å². The molecule has 4 aromatic rings. The molecule has 3 N–H and O–H groups in total. The zero-order valence-electron chi connectivity index (χ0n) is 18.7. The number of aryl methyl sites for hydroxylation is 1. The van der Waals surface area contributed by atoms with Crippen molar-refractivity contribution in [3.63, 3.8) is 0 Å². The molecule has 33 heavy (non-hydrogen) atoms. The third-order valence-corrected chi connectivity index (χ3v) is 6.73. The van der Waals surface area contributed by atoms with Gasteiger partial charge in [0.05, 0.1) is 11.1 Å². The second-order valence-corrected chi connectivity index (χ2v) is 9.21. The molecule has 0 fully saturated rings. The molecule has 0 aliphatic heterocycles. The van der Waals surface area contributed by atoms with Gasteiger partial charge in [0.1, 0.15) is 0 Å². The van der Waals surface area contributed by atoms with Gasteiger partial charge in [0.25, 0.3) is 5.91 Å². The van der Waals surface area contributed by atoms with Crippen molar-refractivity contribution < 1.29 is 4.79 Å². The molecular formula is C27H29ClN4O. The Morgan fingerprint density at radius 2 is 1.85 bits per heavy atom. The molecule has 2 aromatic heterocycles. The Morgan fingerprint density at radius 3 is 2.79 bits per heavy atom. The quantitative estimate of drug-likeness (QED) is 0.272. The van der Waals surface area contributed by atoms with Gasteiger partial charge >= 0.3 is 0 Å². The lowest BCUT2D eigenvalue weighted by atomic mass is 9.92. The number of fused-ring (bicyclic) bond motifs is 3. The minimum atomic E-state index is -0.0147. The average molecular weight is 461 g/mol. The van der Waals surface area contributed by atoms with Crippen molar-refractivity contribution in [3.05, 3.63) is 70.5 Å². The Bertz CT molecular complexity index is 1300. The van der Waals surface area contributed by atoms with Gasteiger partial charge < -0.3 is 15.6 Å². The third kappa shape index (κ3) is 4.69. The fraction of sp³-hybridized carbons (Fsp3) is 0.333. The maximum absolute atomic E-state index is 12.5. The number of benzene rings is 2.